The lowest BCUT2D eigenvalue weighted by Gasteiger charge is -2.10. The molecular formula is C6H8N2O4S. The van der Waals surface area contributed by atoms with Crippen LogP contribution in [0.4, 0.5) is 0 Å². The number of nitrogens with zero attached hydrogens (tertiary/aromatic N) is 1. The maximum absolute atomic E-state index is 10.9. The van der Waals surface area contributed by atoms with E-state index in [9.17, 15) is 13.2 Å². The van der Waals surface area contributed by atoms with Gasteiger partial charge in [-0.2, -0.15) is 8.42 Å². The minimum Gasteiger partial charge on any atom is -0.388 e. The molecule has 0 aromatic carbocycles. The predicted octanol–water partition coefficient (Wildman–Crippen LogP) is -1.26. The lowest BCUT2D eigenvalue weighted by Crippen LogP contribution is -2.29. The summed E-state index contributed by atoms with van der Waals surface area (Å²) in [5.41, 5.74) is 0.0468. The van der Waals surface area contributed by atoms with Crippen LogP contribution in [-0.2, 0) is 15.0 Å². The average Bonchev–Trinajstić information content (AvgIpc) is 1.99. The molecule has 0 spiro atoms. The van der Waals surface area contributed by atoms with Gasteiger partial charge >= 0.3 is 10.2 Å². The topological polar surface area (TPSA) is 95.8 Å². The molecule has 1 aliphatic heterocycles. The molecule has 0 radical (unpaired) electrons. The van der Waals surface area contributed by atoms with Crippen LogP contribution in [0.25, 0.3) is 0 Å². The van der Waals surface area contributed by atoms with Gasteiger partial charge in [0, 0.05) is 5.70 Å². The third-order valence-electron chi connectivity index (χ3n) is 1.29. The van der Waals surface area contributed by atoms with Crippen molar-refractivity contribution in [1.29, 1.82) is 0 Å². The van der Waals surface area contributed by atoms with Crippen LogP contribution < -0.4 is 4.72 Å². The van der Waals surface area contributed by atoms with Crippen molar-refractivity contribution in [2.75, 3.05) is 6.61 Å². The van der Waals surface area contributed by atoms with Gasteiger partial charge in [0.25, 0.3) is 0 Å². The molecule has 0 amide bonds. The number of Topliss-reactive ketones (excluding diaryl/α,β-unsaturated/α-hetero) is 1. The molecular weight excluding hydrogens is 196 g/mol. The molecule has 1 aliphatic rings. The fraction of sp³-hybridized carbons (Fsp3) is 0.333. The van der Waals surface area contributed by atoms with Gasteiger partial charge in [-0.05, 0) is 13.0 Å². The van der Waals surface area contributed by atoms with Gasteiger partial charge in [-0.15, -0.1) is 4.40 Å². The standard InChI is InChI=1S/C6H8N2O4S/c1-4-2-5(6(10)3-9)8-13(11,12)7-4/h2,7,9H,3H2,1H3. The largest absolute Gasteiger partial charge is 0.388 e. The van der Waals surface area contributed by atoms with E-state index in [0.29, 0.717) is 5.70 Å². The zero-order valence-corrected chi connectivity index (χ0v) is 7.63. The number of carbonyl (C=O) groups excluding carboxylic acids is 1. The van der Waals surface area contributed by atoms with Crippen LogP contribution in [0.5, 0.6) is 0 Å². The van der Waals surface area contributed by atoms with E-state index in [1.54, 1.807) is 0 Å². The number of hydrogen-bond donors (Lipinski definition) is 2. The molecule has 1 rings (SSSR count). The highest BCUT2D eigenvalue weighted by atomic mass is 32.2. The van der Waals surface area contributed by atoms with Crippen molar-refractivity contribution in [3.63, 3.8) is 0 Å². The Balaban J connectivity index is 3.11. The van der Waals surface area contributed by atoms with Gasteiger partial charge in [0.15, 0.2) is 0 Å². The second-order valence-electron chi connectivity index (χ2n) is 2.46. The molecule has 0 saturated carbocycles. The first-order valence-corrected chi connectivity index (χ1v) is 4.83. The minimum atomic E-state index is -3.80. The molecule has 1 heterocycles. The third-order valence-corrected chi connectivity index (χ3v) is 2.31. The summed E-state index contributed by atoms with van der Waals surface area (Å²) in [6, 6.07) is 0. The van der Waals surface area contributed by atoms with Crippen LogP contribution in [0.2, 0.25) is 0 Å². The molecule has 7 heteroatoms. The first kappa shape index (κ1) is 9.87. The molecule has 0 aliphatic carbocycles. The molecule has 2 N–H and O–H groups in total. The maximum Gasteiger partial charge on any atom is 0.342 e. The molecule has 6 nitrogen and oxygen atoms in total. The van der Waals surface area contributed by atoms with Crippen LogP contribution >= 0.6 is 0 Å². The summed E-state index contributed by atoms with van der Waals surface area (Å²) in [4.78, 5) is 10.9. The Morgan fingerprint density at radius 1 is 1.69 bits per heavy atom. The molecule has 72 valence electrons. The smallest absolute Gasteiger partial charge is 0.342 e. The molecule has 0 aromatic rings. The van der Waals surface area contributed by atoms with Crippen molar-refractivity contribution in [1.82, 2.24) is 4.72 Å². The Labute approximate surface area is 75.2 Å². The fourth-order valence-corrected chi connectivity index (χ4v) is 1.75. The van der Waals surface area contributed by atoms with E-state index < -0.39 is 22.6 Å². The number of allylic oxidation sites excluding steroid dienone is 2. The van der Waals surface area contributed by atoms with Crippen molar-refractivity contribution in [2.24, 2.45) is 4.40 Å². The Morgan fingerprint density at radius 2 is 2.31 bits per heavy atom. The van der Waals surface area contributed by atoms with Gasteiger partial charge in [-0.1, -0.05) is 0 Å². The first-order valence-electron chi connectivity index (χ1n) is 3.39. The van der Waals surface area contributed by atoms with Crippen LogP contribution in [0.1, 0.15) is 6.92 Å². The molecule has 0 unspecified atom stereocenters. The number of hydrogen-bond acceptors (Lipinski definition) is 4. The zero-order valence-electron chi connectivity index (χ0n) is 6.81. The van der Waals surface area contributed by atoms with Gasteiger partial charge in [0.05, 0.1) is 0 Å². The Kier molecular flexibility index (Phi) is 2.48. The van der Waals surface area contributed by atoms with E-state index in [4.69, 9.17) is 5.11 Å². The van der Waals surface area contributed by atoms with Gasteiger partial charge in [0.2, 0.25) is 5.78 Å². The second-order valence-corrected chi connectivity index (χ2v) is 3.80. The van der Waals surface area contributed by atoms with Gasteiger partial charge in [0.1, 0.15) is 12.3 Å². The van der Waals surface area contributed by atoms with Gasteiger partial charge in [-0.3, -0.25) is 9.52 Å². The van der Waals surface area contributed by atoms with E-state index in [2.05, 4.69) is 9.12 Å². The maximum atomic E-state index is 10.9. The van der Waals surface area contributed by atoms with Crippen molar-refractivity contribution >= 4 is 21.7 Å². The summed E-state index contributed by atoms with van der Waals surface area (Å²) in [6.45, 7) is 0.731. The number of rotatable bonds is 2. The normalized spacial score (nSPS) is 19.8. The quantitative estimate of drug-likeness (QED) is 0.586. The van der Waals surface area contributed by atoms with E-state index in [0.717, 1.165) is 0 Å². The van der Waals surface area contributed by atoms with Gasteiger partial charge < -0.3 is 5.11 Å². The van der Waals surface area contributed by atoms with Crippen LogP contribution in [0.3, 0.4) is 0 Å². The Bertz CT molecular complexity index is 393. The Morgan fingerprint density at radius 3 is 2.77 bits per heavy atom. The molecule has 0 bridgehead atoms. The Hall–Kier alpha value is -1.21. The summed E-state index contributed by atoms with van der Waals surface area (Å²) in [7, 11) is -3.80. The molecule has 0 aromatic heterocycles. The predicted molar refractivity (Wildman–Crippen MR) is 45.3 cm³/mol. The van der Waals surface area contributed by atoms with Crippen molar-refractivity contribution in [3.05, 3.63) is 11.8 Å². The highest BCUT2D eigenvalue weighted by Gasteiger charge is 2.19. The number of nitrogens with one attached hydrogen (secondary N) is 1. The summed E-state index contributed by atoms with van der Waals surface area (Å²) >= 11 is 0. The first-order chi connectivity index (χ1) is 5.94. The van der Waals surface area contributed by atoms with Gasteiger partial charge in [-0.25, -0.2) is 0 Å². The fourth-order valence-electron chi connectivity index (χ4n) is 0.829. The highest BCUT2D eigenvalue weighted by Crippen LogP contribution is 2.04. The molecule has 0 atom stereocenters. The summed E-state index contributed by atoms with van der Waals surface area (Å²) < 4.78 is 27.0. The van der Waals surface area contributed by atoms with E-state index in [1.165, 1.54) is 13.0 Å². The minimum absolute atomic E-state index is 0.251. The van der Waals surface area contributed by atoms with Crippen LogP contribution in [-0.4, -0.2) is 31.6 Å². The number of aliphatic hydroxyl groups excluding tert-OH is 1. The van der Waals surface area contributed by atoms with E-state index in [1.807, 2.05) is 0 Å². The zero-order chi connectivity index (χ0) is 10.1. The average molecular weight is 204 g/mol. The summed E-state index contributed by atoms with van der Waals surface area (Å²) in [5.74, 6) is -0.718. The molecule has 13 heavy (non-hydrogen) atoms. The monoisotopic (exact) mass is 204 g/mol. The third kappa shape index (κ3) is 2.36. The van der Waals surface area contributed by atoms with E-state index >= 15 is 0 Å². The lowest BCUT2D eigenvalue weighted by molar-refractivity contribution is -0.115. The summed E-state index contributed by atoms with van der Waals surface area (Å²) in [5, 5.41) is 8.47. The van der Waals surface area contributed by atoms with E-state index in [-0.39, 0.29) is 5.71 Å². The van der Waals surface area contributed by atoms with Crippen molar-refractivity contribution in [2.45, 2.75) is 6.92 Å². The number of ketones is 1. The second kappa shape index (κ2) is 3.27. The molecule has 0 saturated heterocycles. The molecule has 0 fully saturated rings. The lowest BCUT2D eigenvalue weighted by atomic mass is 10.2. The van der Waals surface area contributed by atoms with Crippen LogP contribution in [0.15, 0.2) is 16.2 Å². The van der Waals surface area contributed by atoms with Crippen LogP contribution in [0, 0.1) is 0 Å². The van der Waals surface area contributed by atoms with Crippen molar-refractivity contribution < 1.29 is 18.3 Å². The number of aliphatic hydroxyl groups is 1. The van der Waals surface area contributed by atoms with Crippen molar-refractivity contribution in [3.8, 4) is 0 Å². The highest BCUT2D eigenvalue weighted by molar-refractivity contribution is 7.88. The summed E-state index contributed by atoms with van der Waals surface area (Å²) in [6.07, 6.45) is 1.26. The SMILES string of the molecule is CC1=CC(C(=O)CO)=NS(=O)(=O)N1. The number of carbonyl (C=O) groups is 1.